The first-order valence-corrected chi connectivity index (χ1v) is 7.11. The molecule has 0 fully saturated rings. The molecule has 0 aromatic carbocycles. The summed E-state index contributed by atoms with van der Waals surface area (Å²) in [4.78, 5) is 22.0. The molecule has 0 aliphatic carbocycles. The Labute approximate surface area is 129 Å². The number of carbonyl (C=O) groups excluding carboxylic acids is 1. The van der Waals surface area contributed by atoms with E-state index in [1.807, 2.05) is 32.0 Å². The van der Waals surface area contributed by atoms with Gasteiger partial charge in [0.1, 0.15) is 5.82 Å². The van der Waals surface area contributed by atoms with Crippen molar-refractivity contribution in [2.75, 3.05) is 11.9 Å². The fourth-order valence-electron chi connectivity index (χ4n) is 2.03. The highest BCUT2D eigenvalue weighted by molar-refractivity contribution is 5.89. The Hall–Kier alpha value is -2.50. The quantitative estimate of drug-likeness (QED) is 0.922. The van der Waals surface area contributed by atoms with Gasteiger partial charge in [-0.3, -0.25) is 9.97 Å². The summed E-state index contributed by atoms with van der Waals surface area (Å²) >= 11 is 0. The molecule has 1 N–H and O–H groups in total. The van der Waals surface area contributed by atoms with Gasteiger partial charge in [-0.15, -0.1) is 0 Å². The van der Waals surface area contributed by atoms with Crippen LogP contribution in [0.25, 0.3) is 0 Å². The molecule has 2 aromatic rings. The summed E-state index contributed by atoms with van der Waals surface area (Å²) in [5.41, 5.74) is 1.13. The summed E-state index contributed by atoms with van der Waals surface area (Å²) in [5, 5.41) is 2.67. The van der Waals surface area contributed by atoms with Crippen LogP contribution in [0.2, 0.25) is 0 Å². The standard InChI is InChI=1S/C16H19FN4O/c1-12(2)10-21(11-14-5-3-4-6-19-14)16(22)20-15-7-13(17)8-18-9-15/h3-9,12H,10-11H2,1-2H3,(H,20,22). The van der Waals surface area contributed by atoms with Crippen molar-refractivity contribution in [3.05, 3.63) is 54.4 Å². The predicted octanol–water partition coefficient (Wildman–Crippen LogP) is 3.31. The molecule has 0 atom stereocenters. The number of pyridine rings is 2. The van der Waals surface area contributed by atoms with Crippen LogP contribution in [-0.2, 0) is 6.54 Å². The van der Waals surface area contributed by atoms with Crippen molar-refractivity contribution in [1.29, 1.82) is 0 Å². The first-order chi connectivity index (χ1) is 10.5. The molecule has 0 unspecified atom stereocenters. The van der Waals surface area contributed by atoms with Crippen LogP contribution in [-0.4, -0.2) is 27.4 Å². The third-order valence-corrected chi connectivity index (χ3v) is 2.91. The fraction of sp³-hybridized carbons (Fsp3) is 0.312. The van der Waals surface area contributed by atoms with E-state index in [9.17, 15) is 9.18 Å². The molecule has 0 saturated carbocycles. The smallest absolute Gasteiger partial charge is 0.318 e. The lowest BCUT2D eigenvalue weighted by Gasteiger charge is -2.24. The van der Waals surface area contributed by atoms with Gasteiger partial charge in [0.25, 0.3) is 0 Å². The highest BCUT2D eigenvalue weighted by Gasteiger charge is 2.16. The molecule has 0 saturated heterocycles. The monoisotopic (exact) mass is 302 g/mol. The number of amides is 2. The summed E-state index contributed by atoms with van der Waals surface area (Å²) in [6.07, 6.45) is 4.20. The Morgan fingerprint density at radius 2 is 2.18 bits per heavy atom. The van der Waals surface area contributed by atoms with Crippen LogP contribution >= 0.6 is 0 Å². The zero-order valence-electron chi connectivity index (χ0n) is 12.7. The van der Waals surface area contributed by atoms with E-state index in [0.717, 1.165) is 11.9 Å². The molecule has 116 valence electrons. The Bertz CT molecular complexity index is 619. The highest BCUT2D eigenvalue weighted by atomic mass is 19.1. The number of carbonyl (C=O) groups is 1. The number of nitrogens with one attached hydrogen (secondary N) is 1. The predicted molar refractivity (Wildman–Crippen MR) is 82.7 cm³/mol. The Morgan fingerprint density at radius 3 is 2.82 bits per heavy atom. The van der Waals surface area contributed by atoms with Gasteiger partial charge in [-0.25, -0.2) is 9.18 Å². The van der Waals surface area contributed by atoms with Crippen molar-refractivity contribution < 1.29 is 9.18 Å². The fourth-order valence-corrected chi connectivity index (χ4v) is 2.03. The molecular formula is C16H19FN4O. The second-order valence-corrected chi connectivity index (χ2v) is 5.42. The average molecular weight is 302 g/mol. The summed E-state index contributed by atoms with van der Waals surface area (Å²) in [5.74, 6) is -0.182. The van der Waals surface area contributed by atoms with E-state index >= 15 is 0 Å². The van der Waals surface area contributed by atoms with Crippen LogP contribution in [0.4, 0.5) is 14.9 Å². The van der Waals surface area contributed by atoms with E-state index in [2.05, 4.69) is 15.3 Å². The number of rotatable bonds is 5. The van der Waals surface area contributed by atoms with Crippen LogP contribution in [0, 0.1) is 11.7 Å². The second-order valence-electron chi connectivity index (χ2n) is 5.42. The van der Waals surface area contributed by atoms with Gasteiger partial charge in [-0.2, -0.15) is 0 Å². The number of anilines is 1. The van der Waals surface area contributed by atoms with Crippen LogP contribution in [0.5, 0.6) is 0 Å². The molecule has 0 bridgehead atoms. The molecule has 0 aliphatic rings. The largest absolute Gasteiger partial charge is 0.322 e. The summed E-state index contributed by atoms with van der Waals surface area (Å²) in [7, 11) is 0. The van der Waals surface area contributed by atoms with E-state index in [4.69, 9.17) is 0 Å². The van der Waals surface area contributed by atoms with Gasteiger partial charge in [-0.05, 0) is 18.1 Å². The number of nitrogens with zero attached hydrogens (tertiary/aromatic N) is 3. The van der Waals surface area contributed by atoms with Crippen molar-refractivity contribution in [3.8, 4) is 0 Å². The molecule has 5 nitrogen and oxygen atoms in total. The number of urea groups is 1. The van der Waals surface area contributed by atoms with Gasteiger partial charge in [0.2, 0.25) is 0 Å². The van der Waals surface area contributed by atoms with Gasteiger partial charge in [0.05, 0.1) is 30.3 Å². The van der Waals surface area contributed by atoms with Crippen molar-refractivity contribution in [2.24, 2.45) is 5.92 Å². The Balaban J connectivity index is 2.09. The zero-order valence-corrected chi connectivity index (χ0v) is 12.7. The molecule has 2 amide bonds. The SMILES string of the molecule is CC(C)CN(Cc1ccccn1)C(=O)Nc1cncc(F)c1. The van der Waals surface area contributed by atoms with E-state index in [1.54, 1.807) is 11.1 Å². The summed E-state index contributed by atoms with van der Waals surface area (Å²) < 4.78 is 13.1. The van der Waals surface area contributed by atoms with E-state index in [0.29, 0.717) is 24.7 Å². The van der Waals surface area contributed by atoms with Gasteiger partial charge in [0.15, 0.2) is 0 Å². The number of aromatic nitrogens is 2. The number of hydrogen-bond acceptors (Lipinski definition) is 3. The molecule has 2 aromatic heterocycles. The van der Waals surface area contributed by atoms with Crippen LogP contribution < -0.4 is 5.32 Å². The van der Waals surface area contributed by atoms with Gasteiger partial charge >= 0.3 is 6.03 Å². The Morgan fingerprint density at radius 1 is 1.36 bits per heavy atom. The third kappa shape index (κ3) is 4.80. The summed E-state index contributed by atoms with van der Waals surface area (Å²) in [6.45, 7) is 5.03. The maximum atomic E-state index is 13.1. The Kier molecular flexibility index (Phi) is 5.41. The van der Waals surface area contributed by atoms with Crippen molar-refractivity contribution in [2.45, 2.75) is 20.4 Å². The molecule has 0 aliphatic heterocycles. The number of hydrogen-bond donors (Lipinski definition) is 1. The molecular weight excluding hydrogens is 283 g/mol. The van der Waals surface area contributed by atoms with Crippen molar-refractivity contribution in [3.63, 3.8) is 0 Å². The minimum Gasteiger partial charge on any atom is -0.318 e. The molecule has 2 heterocycles. The van der Waals surface area contributed by atoms with Crippen molar-refractivity contribution >= 4 is 11.7 Å². The normalized spacial score (nSPS) is 10.5. The molecule has 22 heavy (non-hydrogen) atoms. The minimum absolute atomic E-state index is 0.299. The van der Waals surface area contributed by atoms with Crippen LogP contribution in [0.15, 0.2) is 42.9 Å². The number of halogens is 1. The third-order valence-electron chi connectivity index (χ3n) is 2.91. The lowest BCUT2D eigenvalue weighted by Crippen LogP contribution is -2.37. The lowest BCUT2D eigenvalue weighted by atomic mass is 10.2. The van der Waals surface area contributed by atoms with E-state index in [1.165, 1.54) is 12.3 Å². The maximum Gasteiger partial charge on any atom is 0.322 e. The highest BCUT2D eigenvalue weighted by Crippen LogP contribution is 2.11. The lowest BCUT2D eigenvalue weighted by molar-refractivity contribution is 0.201. The average Bonchev–Trinajstić information content (AvgIpc) is 2.47. The zero-order chi connectivity index (χ0) is 15.9. The molecule has 6 heteroatoms. The second kappa shape index (κ2) is 7.49. The molecule has 0 spiro atoms. The molecule has 2 rings (SSSR count). The molecule has 0 radical (unpaired) electrons. The van der Waals surface area contributed by atoms with Gasteiger partial charge in [0, 0.05) is 18.8 Å². The van der Waals surface area contributed by atoms with Crippen molar-refractivity contribution in [1.82, 2.24) is 14.9 Å². The van der Waals surface area contributed by atoms with E-state index < -0.39 is 5.82 Å². The maximum absolute atomic E-state index is 13.1. The summed E-state index contributed by atoms with van der Waals surface area (Å²) in [6, 6.07) is 6.51. The van der Waals surface area contributed by atoms with Crippen LogP contribution in [0.3, 0.4) is 0 Å². The first kappa shape index (κ1) is 15.9. The topological polar surface area (TPSA) is 58.1 Å². The van der Waals surface area contributed by atoms with Gasteiger partial charge < -0.3 is 10.2 Å². The first-order valence-electron chi connectivity index (χ1n) is 7.11. The minimum atomic E-state index is -0.488. The van der Waals surface area contributed by atoms with E-state index in [-0.39, 0.29) is 6.03 Å². The van der Waals surface area contributed by atoms with Gasteiger partial charge in [-0.1, -0.05) is 19.9 Å². The van der Waals surface area contributed by atoms with Crippen LogP contribution in [0.1, 0.15) is 19.5 Å².